The van der Waals surface area contributed by atoms with E-state index in [2.05, 4.69) is 10.5 Å². The minimum Gasteiger partial charge on any atom is -0.317 e. The minimum absolute atomic E-state index is 0.0808. The first kappa shape index (κ1) is 11.2. The molecule has 0 spiro atoms. The molecule has 2 rings (SSSR count). The monoisotopic (exact) mass is 259 g/mol. The van der Waals surface area contributed by atoms with Gasteiger partial charge in [0.15, 0.2) is 0 Å². The van der Waals surface area contributed by atoms with Gasteiger partial charge < -0.3 is 4.31 Å². The predicted octanol–water partition coefficient (Wildman–Crippen LogP) is 4.27. The number of halogens is 2. The molecule has 0 aliphatic carbocycles. The maximum Gasteiger partial charge on any atom is 0.121 e. The van der Waals surface area contributed by atoms with Crippen molar-refractivity contribution in [1.82, 2.24) is 4.31 Å². The van der Waals surface area contributed by atoms with Crippen LogP contribution in [0.2, 0.25) is 5.02 Å². The Kier molecular flexibility index (Phi) is 3.49. The van der Waals surface area contributed by atoms with Crippen molar-refractivity contribution in [1.29, 1.82) is 0 Å². The zero-order chi connectivity index (χ0) is 10.8. The fourth-order valence-corrected chi connectivity index (χ4v) is 2.78. The minimum atomic E-state index is 0.0808. The van der Waals surface area contributed by atoms with Gasteiger partial charge in [0.2, 0.25) is 0 Å². The second-order valence-electron chi connectivity index (χ2n) is 3.50. The highest BCUT2D eigenvalue weighted by Crippen LogP contribution is 2.35. The molecule has 1 heterocycles. The van der Waals surface area contributed by atoms with Gasteiger partial charge in [-0.15, -0.1) is 11.6 Å². The molecule has 0 fully saturated rings. The van der Waals surface area contributed by atoms with Gasteiger partial charge in [0.05, 0.1) is 6.54 Å². The van der Waals surface area contributed by atoms with Gasteiger partial charge in [-0.2, -0.15) is 0 Å². The van der Waals surface area contributed by atoms with Gasteiger partial charge in [0.25, 0.3) is 0 Å². The summed E-state index contributed by atoms with van der Waals surface area (Å²) in [5.74, 6) is 0. The molecular weight excluding hydrogens is 249 g/mol. The Labute approximate surface area is 104 Å². The van der Waals surface area contributed by atoms with Crippen molar-refractivity contribution in [2.75, 3.05) is 0 Å². The van der Waals surface area contributed by atoms with Gasteiger partial charge in [-0.05, 0) is 42.1 Å². The van der Waals surface area contributed by atoms with Gasteiger partial charge >= 0.3 is 0 Å². The third kappa shape index (κ3) is 2.83. The van der Waals surface area contributed by atoms with Crippen molar-refractivity contribution in [3.05, 3.63) is 46.6 Å². The molecule has 0 radical (unpaired) electrons. The van der Waals surface area contributed by atoms with Crippen LogP contribution < -0.4 is 0 Å². The van der Waals surface area contributed by atoms with Crippen LogP contribution in [-0.2, 0) is 6.54 Å². The maximum absolute atomic E-state index is 6.08. The van der Waals surface area contributed by atoms with Crippen molar-refractivity contribution < 1.29 is 0 Å². The molecule has 0 saturated heterocycles. The molecule has 1 unspecified atom stereocenters. The summed E-state index contributed by atoms with van der Waals surface area (Å²) in [6, 6.07) is 7.89. The molecule has 0 bridgehead atoms. The Morgan fingerprint density at radius 3 is 2.53 bits per heavy atom. The Hall–Kier alpha value is -0.310. The largest absolute Gasteiger partial charge is 0.317 e. The Balaban J connectivity index is 2.02. The summed E-state index contributed by atoms with van der Waals surface area (Å²) in [6.45, 7) is 2.91. The molecular formula is C11H11Cl2NS. The summed E-state index contributed by atoms with van der Waals surface area (Å²) in [5.41, 5.74) is 2.44. The van der Waals surface area contributed by atoms with Crippen molar-refractivity contribution in [3.63, 3.8) is 0 Å². The fourth-order valence-electron chi connectivity index (χ4n) is 1.37. The van der Waals surface area contributed by atoms with E-state index < -0.39 is 0 Å². The van der Waals surface area contributed by atoms with Crippen LogP contribution in [0.1, 0.15) is 12.5 Å². The molecule has 0 saturated carbocycles. The highest BCUT2D eigenvalue weighted by atomic mass is 35.5. The van der Waals surface area contributed by atoms with Crippen molar-refractivity contribution >= 4 is 35.1 Å². The van der Waals surface area contributed by atoms with Crippen LogP contribution in [0, 0.1) is 0 Å². The number of rotatable bonds is 2. The third-order valence-corrected chi connectivity index (χ3v) is 4.08. The third-order valence-electron chi connectivity index (χ3n) is 2.19. The van der Waals surface area contributed by atoms with Gasteiger partial charge in [-0.1, -0.05) is 23.7 Å². The molecule has 1 atom stereocenters. The number of hydrogen-bond acceptors (Lipinski definition) is 2. The smallest absolute Gasteiger partial charge is 0.121 e. The fraction of sp³-hybridized carbons (Fsp3) is 0.273. The van der Waals surface area contributed by atoms with E-state index >= 15 is 0 Å². The number of hydrogen-bond donors (Lipinski definition) is 0. The lowest BCUT2D eigenvalue weighted by molar-refractivity contribution is 0.625. The Bertz CT molecular complexity index is 375. The van der Waals surface area contributed by atoms with Crippen molar-refractivity contribution in [3.8, 4) is 0 Å². The summed E-state index contributed by atoms with van der Waals surface area (Å²) >= 11 is 13.5. The van der Waals surface area contributed by atoms with E-state index in [1.54, 1.807) is 11.9 Å². The van der Waals surface area contributed by atoms with Crippen LogP contribution >= 0.6 is 35.1 Å². The highest BCUT2D eigenvalue weighted by Gasteiger charge is 2.19. The number of benzene rings is 1. The molecule has 0 N–H and O–H groups in total. The van der Waals surface area contributed by atoms with E-state index in [0.29, 0.717) is 0 Å². The quantitative estimate of drug-likeness (QED) is 0.577. The average Bonchev–Trinajstić information content (AvgIpc) is 2.50. The number of nitrogens with zero attached hydrogens (tertiary/aromatic N) is 1. The molecule has 1 aliphatic rings. The van der Waals surface area contributed by atoms with E-state index in [1.165, 1.54) is 11.1 Å². The van der Waals surface area contributed by atoms with Crippen LogP contribution in [0.25, 0.3) is 0 Å². The lowest BCUT2D eigenvalue weighted by atomic mass is 10.2. The first-order valence-electron chi connectivity index (χ1n) is 4.65. The average molecular weight is 260 g/mol. The Morgan fingerprint density at radius 1 is 1.33 bits per heavy atom. The molecule has 1 aliphatic heterocycles. The normalized spacial score (nSPS) is 20.6. The topological polar surface area (TPSA) is 3.24 Å². The summed E-state index contributed by atoms with van der Waals surface area (Å²) < 4.78 is 2.23. The predicted molar refractivity (Wildman–Crippen MR) is 68.0 cm³/mol. The lowest BCUT2D eigenvalue weighted by Crippen LogP contribution is -2.04. The van der Waals surface area contributed by atoms with E-state index in [4.69, 9.17) is 23.2 Å². The summed E-state index contributed by atoms with van der Waals surface area (Å²) in [4.78, 5) is 0. The van der Waals surface area contributed by atoms with E-state index in [-0.39, 0.29) is 4.71 Å². The van der Waals surface area contributed by atoms with Crippen LogP contribution in [0.15, 0.2) is 36.0 Å². The zero-order valence-electron chi connectivity index (χ0n) is 8.28. The van der Waals surface area contributed by atoms with E-state index in [1.807, 2.05) is 31.2 Å². The standard InChI is InChI=1S/C11H11Cl2NS/c1-8-6-14(15-11(8)13)7-9-2-4-10(12)5-3-9/h2-6,11H,7H2,1H3. The molecule has 0 aromatic heterocycles. The molecule has 1 nitrogen and oxygen atoms in total. The van der Waals surface area contributed by atoms with Crippen LogP contribution in [0.4, 0.5) is 0 Å². The Morgan fingerprint density at radius 2 is 2.00 bits per heavy atom. The van der Waals surface area contributed by atoms with E-state index in [0.717, 1.165) is 11.6 Å². The molecule has 0 amide bonds. The summed E-state index contributed by atoms with van der Waals surface area (Å²) in [6.07, 6.45) is 2.09. The van der Waals surface area contributed by atoms with E-state index in [9.17, 15) is 0 Å². The van der Waals surface area contributed by atoms with Crippen molar-refractivity contribution in [2.24, 2.45) is 0 Å². The summed E-state index contributed by atoms with van der Waals surface area (Å²) in [5, 5.41) is 0.773. The summed E-state index contributed by atoms with van der Waals surface area (Å²) in [7, 11) is 0. The van der Waals surface area contributed by atoms with Crippen LogP contribution in [-0.4, -0.2) is 9.01 Å². The van der Waals surface area contributed by atoms with Crippen LogP contribution in [0.5, 0.6) is 0 Å². The lowest BCUT2D eigenvalue weighted by Gasteiger charge is -2.14. The first-order valence-corrected chi connectivity index (χ1v) is 6.30. The van der Waals surface area contributed by atoms with Gasteiger partial charge in [0.1, 0.15) is 4.71 Å². The molecule has 1 aromatic rings. The maximum atomic E-state index is 6.08. The van der Waals surface area contributed by atoms with Crippen molar-refractivity contribution in [2.45, 2.75) is 18.2 Å². The van der Waals surface area contributed by atoms with Gasteiger partial charge in [-0.3, -0.25) is 0 Å². The van der Waals surface area contributed by atoms with Gasteiger partial charge in [-0.25, -0.2) is 0 Å². The second kappa shape index (κ2) is 4.69. The van der Waals surface area contributed by atoms with Crippen LogP contribution in [0.3, 0.4) is 0 Å². The molecule has 15 heavy (non-hydrogen) atoms. The second-order valence-corrected chi connectivity index (χ2v) is 5.78. The van der Waals surface area contributed by atoms with Gasteiger partial charge in [0, 0.05) is 11.2 Å². The highest BCUT2D eigenvalue weighted by molar-refractivity contribution is 7.99. The molecule has 80 valence electrons. The first-order chi connectivity index (χ1) is 7.15. The SMILES string of the molecule is CC1=CN(Cc2ccc(Cl)cc2)SC1Cl. The number of alkyl halides is 1. The zero-order valence-corrected chi connectivity index (χ0v) is 10.6. The molecule has 4 heteroatoms. The molecule has 1 aromatic carbocycles.